The number of hydrogen-bond donors (Lipinski definition) is 5. The molecule has 0 aromatic carbocycles. The van der Waals surface area contributed by atoms with E-state index in [1.807, 2.05) is 6.92 Å². The molecule has 1 aromatic rings. The molecule has 0 saturated carbocycles. The van der Waals surface area contributed by atoms with Gasteiger partial charge in [-0.15, -0.1) is 11.8 Å². The molecule has 3 aliphatic rings. The van der Waals surface area contributed by atoms with Gasteiger partial charge in [-0.3, -0.25) is 9.59 Å². The van der Waals surface area contributed by atoms with E-state index >= 15 is 0 Å². The Morgan fingerprint density at radius 2 is 2.15 bits per heavy atom. The number of nitrogens with zero attached hydrogens (tertiary/aromatic N) is 3. The fraction of sp³-hybridized carbons (Fsp3) is 0.611. The molecule has 34 heavy (non-hydrogen) atoms. The first-order valence-corrected chi connectivity index (χ1v) is 13.6. The topological polar surface area (TPSA) is 205 Å². The Hall–Kier alpha value is -2.11. The van der Waals surface area contributed by atoms with E-state index < -0.39 is 39.2 Å². The monoisotopic (exact) mass is 532 g/mol. The van der Waals surface area contributed by atoms with Crippen LogP contribution in [-0.4, -0.2) is 80.7 Å². The van der Waals surface area contributed by atoms with Gasteiger partial charge in [-0.25, -0.2) is 23.3 Å². The zero-order valence-electron chi connectivity index (χ0n) is 18.2. The van der Waals surface area contributed by atoms with E-state index in [9.17, 15) is 33.0 Å². The molecule has 0 aliphatic carbocycles. The van der Waals surface area contributed by atoms with Gasteiger partial charge in [-0.1, -0.05) is 6.92 Å². The maximum atomic E-state index is 12.6. The maximum absolute atomic E-state index is 12.6. The maximum Gasteiger partial charge on any atom is 0.353 e. The smallest absolute Gasteiger partial charge is 0.353 e. The zero-order chi connectivity index (χ0) is 24.9. The van der Waals surface area contributed by atoms with Gasteiger partial charge in [0.15, 0.2) is 0 Å². The van der Waals surface area contributed by atoms with Gasteiger partial charge in [0.1, 0.15) is 10.7 Å². The van der Waals surface area contributed by atoms with Crippen LogP contribution in [0, 0.1) is 11.8 Å². The molecule has 1 aromatic heterocycles. The molecule has 0 bridgehead atoms. The summed E-state index contributed by atoms with van der Waals surface area (Å²) in [4.78, 5) is 42.6. The van der Waals surface area contributed by atoms with E-state index in [0.717, 1.165) is 11.5 Å². The van der Waals surface area contributed by atoms with Gasteiger partial charge in [-0.2, -0.15) is 4.37 Å². The Bertz CT molecular complexity index is 1170. The predicted octanol–water partition coefficient (Wildman–Crippen LogP) is -1.58. The van der Waals surface area contributed by atoms with Crippen LogP contribution in [0.15, 0.2) is 15.8 Å². The molecule has 0 unspecified atom stereocenters. The van der Waals surface area contributed by atoms with Gasteiger partial charge >= 0.3 is 5.97 Å². The lowest BCUT2D eigenvalue weighted by molar-refractivity contribution is -0.163. The summed E-state index contributed by atoms with van der Waals surface area (Å²) in [5.41, 5.74) is -0.0424. The third-order valence-electron chi connectivity index (χ3n) is 6.13. The zero-order valence-corrected chi connectivity index (χ0v) is 20.6. The molecular weight excluding hydrogens is 508 g/mol. The third-order valence-corrected chi connectivity index (χ3v) is 9.16. The number of hydrogen-bond acceptors (Lipinski definition) is 11. The highest BCUT2D eigenvalue weighted by Gasteiger charge is 2.60. The summed E-state index contributed by atoms with van der Waals surface area (Å²) < 4.78 is 26.2. The molecule has 186 valence electrons. The molecular formula is C18H24N6O7S3. The molecule has 3 aliphatic heterocycles. The summed E-state index contributed by atoms with van der Waals surface area (Å²) in [5.74, 6) is -2.76. The van der Waals surface area contributed by atoms with Crippen LogP contribution < -0.4 is 15.8 Å². The number of nitrogens with two attached hydrogens (primary N) is 1. The molecule has 0 spiro atoms. The number of β-lactam (4-membered cyclic amide) rings is 1. The second kappa shape index (κ2) is 9.16. The van der Waals surface area contributed by atoms with Crippen LogP contribution in [0.3, 0.4) is 0 Å². The molecule has 6 N–H and O–H groups in total. The van der Waals surface area contributed by atoms with Crippen LogP contribution in [0.25, 0.3) is 0 Å². The van der Waals surface area contributed by atoms with E-state index in [0.29, 0.717) is 22.9 Å². The van der Waals surface area contributed by atoms with Gasteiger partial charge in [0, 0.05) is 22.6 Å². The van der Waals surface area contributed by atoms with E-state index in [2.05, 4.69) is 20.0 Å². The normalized spacial score (nSPS) is 29.7. The Balaban J connectivity index is 1.37. The van der Waals surface area contributed by atoms with Gasteiger partial charge < -0.3 is 25.7 Å². The van der Waals surface area contributed by atoms with Crippen LogP contribution in [0.1, 0.15) is 25.3 Å². The molecule has 13 nitrogen and oxygen atoms in total. The molecule has 2 fully saturated rings. The third kappa shape index (κ3) is 4.45. The number of thioether (sulfide) groups is 1. The minimum Gasteiger partial charge on any atom is -0.477 e. The lowest BCUT2D eigenvalue weighted by Crippen LogP contribution is -2.63. The summed E-state index contributed by atoms with van der Waals surface area (Å²) in [6, 6.07) is -0.915. The van der Waals surface area contributed by atoms with Gasteiger partial charge in [0.05, 0.1) is 30.7 Å². The summed E-state index contributed by atoms with van der Waals surface area (Å²) in [6.45, 7) is 3.83. The predicted molar refractivity (Wildman–Crippen MR) is 121 cm³/mol. The fourth-order valence-corrected chi connectivity index (χ4v) is 7.35. The van der Waals surface area contributed by atoms with Crippen molar-refractivity contribution in [3.63, 3.8) is 0 Å². The number of aliphatic hydroxyl groups is 1. The summed E-state index contributed by atoms with van der Waals surface area (Å²) in [5, 5.41) is 30.2. The highest BCUT2D eigenvalue weighted by atomic mass is 32.2. The number of carbonyl (C=O) groups is 3. The molecule has 4 rings (SSSR count). The molecule has 4 heterocycles. The number of nitrogens with one attached hydrogen (secondary N) is 2. The minimum absolute atomic E-state index is 0.00710. The number of rotatable bonds is 8. The lowest BCUT2D eigenvalue weighted by atomic mass is 9.79. The standard InChI is InChI=1S/C18H24N6O7S3/c1-6-12-11(7(2)25)16(27)24(12)13(17(28)29)14(6)32-8-3-9(20-4-8)15(26)21-5-10-22-18(23-33-10)34(19,30)31/h6-9,11-12,20,25H,3-5H2,1-2H3,(H,21,26)(H,28,29)(H2,19,30,31)/t6-,7-,8+,9+,11-,12-/m1/s1. The molecule has 2 saturated heterocycles. The number of carboxylic acid groups (broad SMARTS) is 1. The molecule has 2 amide bonds. The van der Waals surface area contributed by atoms with Crippen molar-refractivity contribution in [1.29, 1.82) is 0 Å². The first-order valence-electron chi connectivity index (χ1n) is 10.4. The van der Waals surface area contributed by atoms with Crippen LogP contribution >= 0.6 is 23.3 Å². The Morgan fingerprint density at radius 3 is 2.74 bits per heavy atom. The number of amides is 2. The first-order chi connectivity index (χ1) is 15.9. The van der Waals surface area contributed by atoms with Crippen molar-refractivity contribution < 1.29 is 33.0 Å². The number of fused-ring (bicyclic) bond motifs is 1. The number of primary sulfonamides is 1. The van der Waals surface area contributed by atoms with Crippen LogP contribution in [0.2, 0.25) is 0 Å². The van der Waals surface area contributed by atoms with Crippen LogP contribution in [0.4, 0.5) is 0 Å². The van der Waals surface area contributed by atoms with Crippen LogP contribution in [-0.2, 0) is 31.0 Å². The Kier molecular flexibility index (Phi) is 6.73. The van der Waals surface area contributed by atoms with Crippen molar-refractivity contribution in [2.75, 3.05) is 6.54 Å². The van der Waals surface area contributed by atoms with E-state index in [1.54, 1.807) is 0 Å². The number of sulfonamides is 1. The second-order valence-corrected chi connectivity index (χ2v) is 12.1. The second-order valence-electron chi connectivity index (χ2n) is 8.44. The minimum atomic E-state index is -4.01. The number of aliphatic carboxylic acids is 1. The highest BCUT2D eigenvalue weighted by molar-refractivity contribution is 8.03. The van der Waals surface area contributed by atoms with Gasteiger partial charge in [0.2, 0.25) is 11.8 Å². The number of aliphatic hydroxyl groups excluding tert-OH is 1. The Morgan fingerprint density at radius 1 is 1.44 bits per heavy atom. The average molecular weight is 533 g/mol. The summed E-state index contributed by atoms with van der Waals surface area (Å²) in [6.07, 6.45) is -0.442. The van der Waals surface area contributed by atoms with Crippen molar-refractivity contribution >= 4 is 51.1 Å². The summed E-state index contributed by atoms with van der Waals surface area (Å²) in [7, 11) is -4.01. The lowest BCUT2D eigenvalue weighted by Gasteiger charge is -2.46. The summed E-state index contributed by atoms with van der Waals surface area (Å²) >= 11 is 2.17. The largest absolute Gasteiger partial charge is 0.477 e. The van der Waals surface area contributed by atoms with E-state index in [4.69, 9.17) is 5.14 Å². The molecule has 0 radical (unpaired) electrons. The fourth-order valence-electron chi connectivity index (χ4n) is 4.56. The van der Waals surface area contributed by atoms with Crippen molar-refractivity contribution in [3.8, 4) is 0 Å². The number of carboxylic acids is 1. The Labute approximate surface area is 203 Å². The van der Waals surface area contributed by atoms with Crippen molar-refractivity contribution in [1.82, 2.24) is 24.9 Å². The van der Waals surface area contributed by atoms with Gasteiger partial charge in [-0.05, 0) is 24.9 Å². The highest BCUT2D eigenvalue weighted by Crippen LogP contribution is 2.51. The first kappa shape index (κ1) is 25.0. The molecule has 16 heteroatoms. The van der Waals surface area contributed by atoms with Crippen molar-refractivity contribution in [2.24, 2.45) is 17.0 Å². The van der Waals surface area contributed by atoms with E-state index in [-0.39, 0.29) is 41.3 Å². The van der Waals surface area contributed by atoms with Crippen molar-refractivity contribution in [2.45, 2.75) is 55.4 Å². The average Bonchev–Trinajstić information content (AvgIpc) is 3.44. The van der Waals surface area contributed by atoms with E-state index in [1.165, 1.54) is 23.6 Å². The van der Waals surface area contributed by atoms with Gasteiger partial charge in [0.25, 0.3) is 15.2 Å². The number of carbonyl (C=O) groups excluding carboxylic acids is 2. The quantitative estimate of drug-likeness (QED) is 0.242. The SMILES string of the molecule is C[C@@H](O)[C@H]1C(=O)N2C(C(=O)O)=C(S[C@@H]3CN[C@H](C(=O)NCc4nc(S(N)(=O)=O)ns4)C3)[C@H](C)[C@H]12. The van der Waals surface area contributed by atoms with Crippen LogP contribution in [0.5, 0.6) is 0 Å². The number of aromatic nitrogens is 2. The van der Waals surface area contributed by atoms with Crippen molar-refractivity contribution in [3.05, 3.63) is 15.6 Å². The molecule has 6 atom stereocenters.